The number of nitrogens with zero attached hydrogens (tertiary/aromatic N) is 2. The maximum atomic E-state index is 12.7. The largest absolute Gasteiger partial charge is 0.376 e. The van der Waals surface area contributed by atoms with Crippen LogP contribution in [0.25, 0.3) is 0 Å². The van der Waals surface area contributed by atoms with Crippen molar-refractivity contribution in [2.24, 2.45) is 5.41 Å². The van der Waals surface area contributed by atoms with Crippen LogP contribution in [0.15, 0.2) is 0 Å². The molecule has 0 radical (unpaired) electrons. The second-order valence-electron chi connectivity index (χ2n) is 6.65. The third-order valence-corrected chi connectivity index (χ3v) is 5.22. The molecule has 2 aliphatic heterocycles. The average Bonchev–Trinajstić information content (AvgIpc) is 3.21. The van der Waals surface area contributed by atoms with Gasteiger partial charge >= 0.3 is 0 Å². The van der Waals surface area contributed by atoms with Gasteiger partial charge in [0.2, 0.25) is 11.8 Å². The lowest BCUT2D eigenvalue weighted by molar-refractivity contribution is -0.145. The van der Waals surface area contributed by atoms with E-state index in [1.165, 1.54) is 0 Å². The van der Waals surface area contributed by atoms with Crippen molar-refractivity contribution in [1.82, 2.24) is 15.1 Å². The van der Waals surface area contributed by atoms with E-state index in [9.17, 15) is 9.59 Å². The van der Waals surface area contributed by atoms with Gasteiger partial charge < -0.3 is 19.9 Å². The number of hydrogen-bond donors (Lipinski definition) is 1. The van der Waals surface area contributed by atoms with E-state index in [2.05, 4.69) is 17.1 Å². The Bertz CT molecular complexity index is 422. The minimum Gasteiger partial charge on any atom is -0.376 e. The third-order valence-electron chi connectivity index (χ3n) is 5.22. The zero-order valence-corrected chi connectivity index (χ0v) is 13.5. The molecule has 1 atom stereocenters. The van der Waals surface area contributed by atoms with E-state index in [1.807, 2.05) is 4.90 Å². The highest BCUT2D eigenvalue weighted by Crippen LogP contribution is 2.47. The Morgan fingerprint density at radius 2 is 1.95 bits per heavy atom. The van der Waals surface area contributed by atoms with Gasteiger partial charge in [-0.25, -0.2) is 0 Å². The number of carbonyl (C=O) groups excluding carboxylic acids is 2. The molecule has 0 aromatic rings. The van der Waals surface area contributed by atoms with Crippen LogP contribution in [0.3, 0.4) is 0 Å². The van der Waals surface area contributed by atoms with Crippen LogP contribution < -0.4 is 5.32 Å². The predicted molar refractivity (Wildman–Crippen MR) is 82.3 cm³/mol. The maximum absolute atomic E-state index is 12.7. The number of rotatable bonds is 5. The number of amides is 2. The fraction of sp³-hybridized carbons (Fsp3) is 0.875. The van der Waals surface area contributed by atoms with Gasteiger partial charge in [0.25, 0.3) is 0 Å². The summed E-state index contributed by atoms with van der Waals surface area (Å²) in [6.45, 7) is 7.80. The summed E-state index contributed by atoms with van der Waals surface area (Å²) in [4.78, 5) is 29.4. The molecular weight excluding hydrogens is 282 g/mol. The third kappa shape index (κ3) is 3.13. The van der Waals surface area contributed by atoms with Crippen molar-refractivity contribution < 1.29 is 14.3 Å². The monoisotopic (exact) mass is 309 g/mol. The van der Waals surface area contributed by atoms with Gasteiger partial charge in [0, 0.05) is 39.3 Å². The zero-order valence-electron chi connectivity index (χ0n) is 13.5. The first kappa shape index (κ1) is 15.7. The second kappa shape index (κ2) is 6.54. The first-order valence-electron chi connectivity index (χ1n) is 8.57. The van der Waals surface area contributed by atoms with E-state index in [-0.39, 0.29) is 17.9 Å². The van der Waals surface area contributed by atoms with Crippen LogP contribution in [-0.4, -0.2) is 73.6 Å². The molecular formula is C16H27N3O3. The summed E-state index contributed by atoms with van der Waals surface area (Å²) >= 11 is 0. The van der Waals surface area contributed by atoms with Gasteiger partial charge in [-0.1, -0.05) is 6.92 Å². The predicted octanol–water partition coefficient (Wildman–Crippen LogP) is 0.226. The van der Waals surface area contributed by atoms with Gasteiger partial charge in [0.15, 0.2) is 0 Å². The molecule has 3 rings (SSSR count). The van der Waals surface area contributed by atoms with Crippen molar-refractivity contribution in [2.75, 3.05) is 45.9 Å². The molecule has 124 valence electrons. The lowest BCUT2D eigenvalue weighted by Crippen LogP contribution is -2.53. The van der Waals surface area contributed by atoms with Gasteiger partial charge in [-0.3, -0.25) is 9.59 Å². The zero-order chi connectivity index (χ0) is 15.6. The number of ether oxygens (including phenoxy) is 1. The Hall–Kier alpha value is -1.14. The van der Waals surface area contributed by atoms with Gasteiger partial charge in [-0.2, -0.15) is 0 Å². The molecule has 2 amide bonds. The minimum absolute atomic E-state index is 0.0353. The van der Waals surface area contributed by atoms with Gasteiger partial charge in [-0.05, 0) is 32.2 Å². The van der Waals surface area contributed by atoms with Crippen LogP contribution in [-0.2, 0) is 14.3 Å². The lowest BCUT2D eigenvalue weighted by atomic mass is 10.0. The van der Waals surface area contributed by atoms with Crippen LogP contribution in [0, 0.1) is 5.41 Å². The van der Waals surface area contributed by atoms with Crippen molar-refractivity contribution in [3.63, 3.8) is 0 Å². The molecule has 6 heteroatoms. The van der Waals surface area contributed by atoms with Gasteiger partial charge in [0.1, 0.15) is 5.41 Å². The Kier molecular flexibility index (Phi) is 4.68. The van der Waals surface area contributed by atoms with E-state index in [1.54, 1.807) is 0 Å². The molecule has 3 aliphatic rings. The maximum Gasteiger partial charge on any atom is 0.238 e. The molecule has 1 aliphatic carbocycles. The van der Waals surface area contributed by atoms with E-state index in [4.69, 9.17) is 4.74 Å². The van der Waals surface area contributed by atoms with Crippen molar-refractivity contribution in [1.29, 1.82) is 0 Å². The molecule has 3 fully saturated rings. The number of carbonyl (C=O) groups is 2. The quantitative estimate of drug-likeness (QED) is 0.738. The molecule has 0 aromatic carbocycles. The fourth-order valence-corrected chi connectivity index (χ4v) is 3.41. The standard InChI is InChI=1S/C16H27N3O3/c1-2-18-7-9-19(10-8-18)15(21)16(5-6-16)14(20)17-12-13-4-3-11-22-13/h13H,2-12H2,1H3,(H,17,20). The van der Waals surface area contributed by atoms with Crippen LogP contribution >= 0.6 is 0 Å². The van der Waals surface area contributed by atoms with Crippen molar-refractivity contribution in [3.05, 3.63) is 0 Å². The lowest BCUT2D eigenvalue weighted by Gasteiger charge is -2.35. The molecule has 1 unspecified atom stereocenters. The van der Waals surface area contributed by atoms with Crippen LogP contribution in [0.2, 0.25) is 0 Å². The first-order valence-corrected chi connectivity index (χ1v) is 8.57. The Morgan fingerprint density at radius 1 is 1.23 bits per heavy atom. The fourth-order valence-electron chi connectivity index (χ4n) is 3.41. The highest BCUT2D eigenvalue weighted by atomic mass is 16.5. The molecule has 1 saturated carbocycles. The Morgan fingerprint density at radius 3 is 2.50 bits per heavy atom. The smallest absolute Gasteiger partial charge is 0.238 e. The summed E-state index contributed by atoms with van der Waals surface area (Å²) < 4.78 is 5.52. The Labute approximate surface area is 132 Å². The van der Waals surface area contributed by atoms with Crippen molar-refractivity contribution in [3.8, 4) is 0 Å². The normalized spacial score (nSPS) is 27.7. The van der Waals surface area contributed by atoms with Gasteiger partial charge in [-0.15, -0.1) is 0 Å². The molecule has 2 heterocycles. The molecule has 6 nitrogen and oxygen atoms in total. The Balaban J connectivity index is 1.51. The summed E-state index contributed by atoms with van der Waals surface area (Å²) in [5.41, 5.74) is -0.771. The minimum atomic E-state index is -0.771. The molecule has 0 spiro atoms. The van der Waals surface area contributed by atoms with E-state index < -0.39 is 5.41 Å². The summed E-state index contributed by atoms with van der Waals surface area (Å²) in [6, 6.07) is 0. The van der Waals surface area contributed by atoms with Crippen LogP contribution in [0.5, 0.6) is 0 Å². The summed E-state index contributed by atoms with van der Waals surface area (Å²) in [5, 5.41) is 2.95. The number of nitrogens with one attached hydrogen (secondary N) is 1. The molecule has 2 saturated heterocycles. The van der Waals surface area contributed by atoms with Gasteiger partial charge in [0.05, 0.1) is 6.10 Å². The highest BCUT2D eigenvalue weighted by Gasteiger charge is 2.58. The molecule has 22 heavy (non-hydrogen) atoms. The highest BCUT2D eigenvalue weighted by molar-refractivity contribution is 6.07. The summed E-state index contributed by atoms with van der Waals surface area (Å²) in [5.74, 6) is -0.0565. The van der Waals surface area contributed by atoms with Crippen molar-refractivity contribution >= 4 is 11.8 Å². The molecule has 1 N–H and O–H groups in total. The average molecular weight is 309 g/mol. The van der Waals surface area contributed by atoms with E-state index >= 15 is 0 Å². The SMILES string of the molecule is CCN1CCN(C(=O)C2(C(=O)NCC3CCCO3)CC2)CC1. The van der Waals surface area contributed by atoms with Crippen LogP contribution in [0.1, 0.15) is 32.6 Å². The molecule has 0 bridgehead atoms. The number of piperazine rings is 1. The summed E-state index contributed by atoms with van der Waals surface area (Å²) in [6.07, 6.45) is 3.57. The van der Waals surface area contributed by atoms with Crippen LogP contribution in [0.4, 0.5) is 0 Å². The number of hydrogen-bond acceptors (Lipinski definition) is 4. The van der Waals surface area contributed by atoms with E-state index in [0.29, 0.717) is 19.4 Å². The topological polar surface area (TPSA) is 61.9 Å². The van der Waals surface area contributed by atoms with Crippen molar-refractivity contribution in [2.45, 2.75) is 38.7 Å². The second-order valence-corrected chi connectivity index (χ2v) is 6.65. The number of likely N-dealkylation sites (N-methyl/N-ethyl adjacent to an activating group) is 1. The first-order chi connectivity index (χ1) is 10.7. The van der Waals surface area contributed by atoms with E-state index in [0.717, 1.165) is 52.2 Å². The molecule has 0 aromatic heterocycles. The summed E-state index contributed by atoms with van der Waals surface area (Å²) in [7, 11) is 0.